The van der Waals surface area contributed by atoms with Gasteiger partial charge >= 0.3 is 94.8 Å². The van der Waals surface area contributed by atoms with E-state index in [-0.39, 0.29) is 0 Å². The van der Waals surface area contributed by atoms with E-state index in [1.807, 2.05) is 0 Å². The van der Waals surface area contributed by atoms with Gasteiger partial charge in [-0.2, -0.15) is 0 Å². The van der Waals surface area contributed by atoms with Gasteiger partial charge in [0.25, 0.3) is 0 Å². The molecule has 0 fully saturated rings. The maximum absolute atomic E-state index is 8.97. The van der Waals surface area contributed by atoms with Gasteiger partial charge in [0.1, 0.15) is 0 Å². The van der Waals surface area contributed by atoms with Crippen LogP contribution in [0.25, 0.3) is 0 Å². The molecule has 14 heavy (non-hydrogen) atoms. The molecular formula is H7O11SbSnW. The molecule has 0 bridgehead atoms. The van der Waals surface area contributed by atoms with Gasteiger partial charge in [0.15, 0.2) is 0 Å². The second-order valence-corrected chi connectivity index (χ2v) is 9.00. The average Bonchev–Trinajstić information content (AvgIpc) is 1.45. The molecule has 0 saturated carbocycles. The fourth-order valence-electron chi connectivity index (χ4n) is 0. The van der Waals surface area contributed by atoms with E-state index in [9.17, 15) is 0 Å². The molecular weight excluding hydrogens is 600 g/mol. The Bertz CT molecular complexity index is 260. The van der Waals surface area contributed by atoms with Crippen LogP contribution >= 0.6 is 0 Å². The first-order valence-electron chi connectivity index (χ1n) is 2.13. The Labute approximate surface area is 93.9 Å². The van der Waals surface area contributed by atoms with Crippen molar-refractivity contribution >= 4 is 40.6 Å². The van der Waals surface area contributed by atoms with Crippen molar-refractivity contribution in [2.75, 3.05) is 0 Å². The van der Waals surface area contributed by atoms with Crippen LogP contribution in [-0.2, 0) is 29.6 Å². The first-order chi connectivity index (χ1) is 5.73. The molecule has 11 nitrogen and oxygen atoms in total. The Hall–Kier alpha value is 1.23. The zero-order valence-electron chi connectivity index (χ0n) is 6.12. The summed E-state index contributed by atoms with van der Waals surface area (Å²) in [6.07, 6.45) is 0. The van der Waals surface area contributed by atoms with Gasteiger partial charge in [-0.15, -0.1) is 0 Å². The third kappa shape index (κ3) is 1320. The Kier molecular flexibility index (Phi) is 13.9. The molecule has 0 amide bonds. The van der Waals surface area contributed by atoms with Gasteiger partial charge in [0, 0.05) is 0 Å². The van der Waals surface area contributed by atoms with Crippen LogP contribution < -0.4 is 0 Å². The van der Waals surface area contributed by atoms with E-state index in [1.54, 1.807) is 0 Å². The van der Waals surface area contributed by atoms with Crippen LogP contribution in [0.4, 0.5) is 0 Å². The van der Waals surface area contributed by atoms with E-state index in [2.05, 4.69) is 0 Å². The molecule has 0 spiro atoms. The van der Waals surface area contributed by atoms with E-state index in [0.29, 0.717) is 0 Å². The molecule has 14 heteroatoms. The fraction of sp³-hybridized carbons (Fsp3) is 0. The zero-order valence-corrected chi connectivity index (χ0v) is 14.5. The van der Waals surface area contributed by atoms with E-state index >= 15 is 0 Å². The van der Waals surface area contributed by atoms with Gasteiger partial charge in [0.2, 0.25) is 0 Å². The number of rotatable bonds is 0. The molecule has 0 unspecified atom stereocenters. The van der Waals surface area contributed by atoms with Crippen molar-refractivity contribution < 1.29 is 54.2 Å². The Morgan fingerprint density at radius 3 is 1.00 bits per heavy atom. The zero-order chi connectivity index (χ0) is 12.6. The van der Waals surface area contributed by atoms with Crippen molar-refractivity contribution in [3.05, 3.63) is 0 Å². The molecule has 0 aliphatic rings. The van der Waals surface area contributed by atoms with Crippen LogP contribution in [0.5, 0.6) is 0 Å². The van der Waals surface area contributed by atoms with Crippen molar-refractivity contribution in [1.82, 2.24) is 0 Å². The minimum absolute atomic E-state index is 3.79. The summed E-state index contributed by atoms with van der Waals surface area (Å²) in [6, 6.07) is 0. The standard InChI is InChI=1S/7H2O.4O.Sb.Sn.W/h7*1H2;;;;;;;/q;;;;;;;;;;;+3;2*+2/p-7. The minimum atomic E-state index is -5.67. The van der Waals surface area contributed by atoms with Gasteiger partial charge in [-0.05, 0) is 0 Å². The molecule has 0 aromatic carbocycles. The summed E-state index contributed by atoms with van der Waals surface area (Å²) >= 11 is -14.8. The molecule has 0 atom stereocenters. The van der Waals surface area contributed by atoms with Crippen molar-refractivity contribution in [3.63, 3.8) is 0 Å². The van der Waals surface area contributed by atoms with Crippen LogP contribution in [0.3, 0.4) is 0 Å². The van der Waals surface area contributed by atoms with E-state index in [1.165, 1.54) is 0 Å². The molecule has 0 aromatic rings. The molecule has 0 aliphatic heterocycles. The monoisotopic (exact) mass is 608 g/mol. The van der Waals surface area contributed by atoms with Gasteiger partial charge in [-0.25, -0.2) is 0 Å². The molecule has 0 radical (unpaired) electrons. The van der Waals surface area contributed by atoms with Crippen molar-refractivity contribution in [2.45, 2.75) is 0 Å². The Morgan fingerprint density at radius 2 is 1.00 bits per heavy atom. The van der Waals surface area contributed by atoms with Crippen molar-refractivity contribution in [3.8, 4) is 0 Å². The topological polar surface area (TPSA) is 210 Å². The summed E-state index contributed by atoms with van der Waals surface area (Å²) in [7, 11) is 0. The SMILES string of the molecule is [O]=[Sb]([OH])([OH])[OH].[O]=[Sn]([OH])[OH].[O]=[W](=[O])([OH])[OH]. The van der Waals surface area contributed by atoms with E-state index < -0.39 is 57.4 Å². The molecule has 0 saturated heterocycles. The van der Waals surface area contributed by atoms with Gasteiger partial charge in [0.05, 0.1) is 0 Å². The first-order valence-corrected chi connectivity index (χ1v) is 15.3. The Morgan fingerprint density at radius 1 is 1.00 bits per heavy atom. The van der Waals surface area contributed by atoms with Crippen LogP contribution in [0, 0.1) is 0 Å². The fourth-order valence-corrected chi connectivity index (χ4v) is 0. The van der Waals surface area contributed by atoms with Crippen LogP contribution in [-0.4, -0.2) is 65.2 Å². The summed E-state index contributed by atoms with van der Waals surface area (Å²) in [5.41, 5.74) is 0. The van der Waals surface area contributed by atoms with Gasteiger partial charge in [-0.3, -0.25) is 0 Å². The summed E-state index contributed by atoms with van der Waals surface area (Å²) in [6.45, 7) is 0. The third-order valence-corrected chi connectivity index (χ3v) is 0. The average molecular weight is 607 g/mol. The summed E-state index contributed by atoms with van der Waals surface area (Å²) in [4.78, 5) is 0. The summed E-state index contributed by atoms with van der Waals surface area (Å²) < 4.78 is 86.2. The van der Waals surface area contributed by atoms with Crippen LogP contribution in [0.15, 0.2) is 0 Å². The predicted molar refractivity (Wildman–Crippen MR) is 29.8 cm³/mol. The van der Waals surface area contributed by atoms with Crippen molar-refractivity contribution in [2.24, 2.45) is 0 Å². The molecule has 0 heterocycles. The third-order valence-electron chi connectivity index (χ3n) is 0. The second kappa shape index (κ2) is 9.45. The van der Waals surface area contributed by atoms with Crippen LogP contribution in [0.2, 0.25) is 0 Å². The predicted octanol–water partition coefficient (Wildman–Crippen LogP) is -5.14. The molecule has 0 aliphatic carbocycles. The van der Waals surface area contributed by atoms with Crippen molar-refractivity contribution in [1.29, 1.82) is 0 Å². The van der Waals surface area contributed by atoms with E-state index in [0.717, 1.165) is 0 Å². The maximum atomic E-state index is 8.97. The molecule has 0 aromatic heterocycles. The van der Waals surface area contributed by atoms with Crippen LogP contribution in [0.1, 0.15) is 0 Å². The summed E-state index contributed by atoms with van der Waals surface area (Å²) in [5, 5.41) is 0. The second-order valence-electron chi connectivity index (χ2n) is 1.24. The van der Waals surface area contributed by atoms with Gasteiger partial charge < -0.3 is 0 Å². The summed E-state index contributed by atoms with van der Waals surface area (Å²) in [5.74, 6) is 0. The first kappa shape index (κ1) is 20.6. The normalized spacial score (nSPS) is 10.2. The molecule has 7 N–H and O–H groups in total. The Balaban J connectivity index is -0.000000131. The molecule has 88 valence electrons. The quantitative estimate of drug-likeness (QED) is 0.130. The molecule has 0 rings (SSSR count). The number of hydrogen-bond donors (Lipinski definition) is 7. The van der Waals surface area contributed by atoms with Gasteiger partial charge in [-0.1, -0.05) is 0 Å². The number of hydrogen-bond acceptors (Lipinski definition) is 4. The van der Waals surface area contributed by atoms with E-state index in [4.69, 9.17) is 37.5 Å².